The molecule has 6 heteroatoms. The minimum Gasteiger partial charge on any atom is -0.467 e. The Balaban J connectivity index is 2.35. The van der Waals surface area contributed by atoms with Gasteiger partial charge in [-0.25, -0.2) is 4.79 Å². The highest BCUT2D eigenvalue weighted by molar-refractivity contribution is 6.31. The number of carbonyl (C=O) groups is 2. The van der Waals surface area contributed by atoms with Crippen molar-refractivity contribution in [3.8, 4) is 0 Å². The number of rotatable bonds is 4. The normalized spacial score (nSPS) is 12.2. The maximum atomic E-state index is 11.7. The number of esters is 1. The van der Waals surface area contributed by atoms with Crippen molar-refractivity contribution in [2.45, 2.75) is 19.4 Å². The van der Waals surface area contributed by atoms with E-state index in [1.807, 2.05) is 24.3 Å². The Morgan fingerprint density at radius 1 is 1.40 bits per heavy atom. The number of aromatic nitrogens is 1. The SMILES string of the molecule is COC(=O)[C@H](Cc1c(Cl)[nH]c2ccccc12)NC(C)=O. The van der Waals surface area contributed by atoms with Gasteiger partial charge in [-0.3, -0.25) is 4.79 Å². The van der Waals surface area contributed by atoms with Crippen LogP contribution >= 0.6 is 11.6 Å². The summed E-state index contributed by atoms with van der Waals surface area (Å²) in [5.74, 6) is -0.794. The van der Waals surface area contributed by atoms with Crippen molar-refractivity contribution in [1.82, 2.24) is 10.3 Å². The number of H-pyrrole nitrogens is 1. The second kappa shape index (κ2) is 5.96. The fourth-order valence-electron chi connectivity index (χ4n) is 2.15. The summed E-state index contributed by atoms with van der Waals surface area (Å²) in [6, 6.07) is 6.84. The van der Waals surface area contributed by atoms with Crippen LogP contribution in [0.3, 0.4) is 0 Å². The summed E-state index contributed by atoms with van der Waals surface area (Å²) in [5, 5.41) is 3.97. The third-order valence-electron chi connectivity index (χ3n) is 3.03. The van der Waals surface area contributed by atoms with Crippen LogP contribution in [0, 0.1) is 0 Å². The topological polar surface area (TPSA) is 71.2 Å². The van der Waals surface area contributed by atoms with Crippen molar-refractivity contribution in [3.63, 3.8) is 0 Å². The average molecular weight is 295 g/mol. The maximum absolute atomic E-state index is 11.7. The summed E-state index contributed by atoms with van der Waals surface area (Å²) in [6.07, 6.45) is 0.273. The van der Waals surface area contributed by atoms with Gasteiger partial charge in [-0.15, -0.1) is 0 Å². The summed E-state index contributed by atoms with van der Waals surface area (Å²) in [5.41, 5.74) is 1.67. The highest BCUT2D eigenvalue weighted by Gasteiger charge is 2.23. The van der Waals surface area contributed by atoms with Crippen molar-refractivity contribution < 1.29 is 14.3 Å². The minimum atomic E-state index is -0.755. The Hall–Kier alpha value is -2.01. The number of carbonyl (C=O) groups excluding carboxylic acids is 2. The first-order valence-corrected chi connectivity index (χ1v) is 6.50. The third kappa shape index (κ3) is 2.93. The average Bonchev–Trinajstić information content (AvgIpc) is 2.73. The first kappa shape index (κ1) is 14.4. The van der Waals surface area contributed by atoms with E-state index in [1.54, 1.807) is 0 Å². The van der Waals surface area contributed by atoms with Gasteiger partial charge in [0.1, 0.15) is 11.2 Å². The number of hydrogen-bond donors (Lipinski definition) is 2. The number of hydrogen-bond acceptors (Lipinski definition) is 3. The Kier molecular flexibility index (Phi) is 4.29. The van der Waals surface area contributed by atoms with Crippen molar-refractivity contribution in [1.29, 1.82) is 0 Å². The van der Waals surface area contributed by atoms with Gasteiger partial charge in [0.15, 0.2) is 0 Å². The van der Waals surface area contributed by atoms with Crippen molar-refractivity contribution in [3.05, 3.63) is 35.0 Å². The molecule has 2 aromatic rings. The Morgan fingerprint density at radius 2 is 2.10 bits per heavy atom. The van der Waals surface area contributed by atoms with E-state index >= 15 is 0 Å². The second-order valence-electron chi connectivity index (χ2n) is 4.44. The second-order valence-corrected chi connectivity index (χ2v) is 4.82. The molecule has 2 rings (SSSR count). The largest absolute Gasteiger partial charge is 0.467 e. The molecule has 0 unspecified atom stereocenters. The summed E-state index contributed by atoms with van der Waals surface area (Å²) in [6.45, 7) is 1.35. The zero-order valence-electron chi connectivity index (χ0n) is 11.2. The number of para-hydroxylation sites is 1. The predicted octanol–water partition coefficient (Wildman–Crippen LogP) is 2.04. The Bertz CT molecular complexity index is 651. The van der Waals surface area contributed by atoms with E-state index in [0.717, 1.165) is 16.5 Å². The lowest BCUT2D eigenvalue weighted by molar-refractivity contribution is -0.144. The monoisotopic (exact) mass is 294 g/mol. The summed E-state index contributed by atoms with van der Waals surface area (Å²) >= 11 is 6.18. The number of benzene rings is 1. The number of methoxy groups -OCH3 is 1. The van der Waals surface area contributed by atoms with Gasteiger partial charge in [-0.05, 0) is 11.6 Å². The lowest BCUT2D eigenvalue weighted by Gasteiger charge is -2.15. The van der Waals surface area contributed by atoms with Gasteiger partial charge >= 0.3 is 5.97 Å². The fraction of sp³-hybridized carbons (Fsp3) is 0.286. The van der Waals surface area contributed by atoms with Crippen LogP contribution < -0.4 is 5.32 Å². The van der Waals surface area contributed by atoms with E-state index in [4.69, 9.17) is 16.3 Å². The van der Waals surface area contributed by atoms with E-state index in [2.05, 4.69) is 10.3 Å². The highest BCUT2D eigenvalue weighted by atomic mass is 35.5. The number of halogens is 1. The lowest BCUT2D eigenvalue weighted by Crippen LogP contribution is -2.42. The van der Waals surface area contributed by atoms with Crippen LogP contribution in [0.1, 0.15) is 12.5 Å². The smallest absolute Gasteiger partial charge is 0.328 e. The number of amides is 1. The quantitative estimate of drug-likeness (QED) is 0.848. The Labute approximate surface area is 121 Å². The molecule has 0 saturated heterocycles. The molecule has 1 aromatic heterocycles. The molecule has 0 spiro atoms. The summed E-state index contributed by atoms with van der Waals surface area (Å²) < 4.78 is 4.71. The highest BCUT2D eigenvalue weighted by Crippen LogP contribution is 2.27. The van der Waals surface area contributed by atoms with Crippen LogP contribution in [0.25, 0.3) is 10.9 Å². The summed E-state index contributed by atoms with van der Waals surface area (Å²) in [7, 11) is 1.29. The Morgan fingerprint density at radius 3 is 2.75 bits per heavy atom. The molecule has 1 amide bonds. The molecule has 1 aromatic carbocycles. The van der Waals surface area contributed by atoms with E-state index in [0.29, 0.717) is 5.15 Å². The fourth-order valence-corrected chi connectivity index (χ4v) is 2.43. The van der Waals surface area contributed by atoms with Crippen LogP contribution in [0.5, 0.6) is 0 Å². The first-order chi connectivity index (χ1) is 9.52. The predicted molar refractivity (Wildman–Crippen MR) is 76.6 cm³/mol. The molecule has 0 saturated carbocycles. The molecule has 0 fully saturated rings. The summed E-state index contributed by atoms with van der Waals surface area (Å²) in [4.78, 5) is 26.0. The molecular weight excluding hydrogens is 280 g/mol. The molecule has 20 heavy (non-hydrogen) atoms. The van der Waals surface area contributed by atoms with E-state index in [1.165, 1.54) is 14.0 Å². The molecule has 1 heterocycles. The van der Waals surface area contributed by atoms with Crippen LogP contribution in [-0.4, -0.2) is 30.0 Å². The van der Waals surface area contributed by atoms with Crippen molar-refractivity contribution in [2.75, 3.05) is 7.11 Å². The van der Waals surface area contributed by atoms with Gasteiger partial charge in [0.05, 0.1) is 7.11 Å². The molecule has 0 radical (unpaired) electrons. The van der Waals surface area contributed by atoms with Crippen LogP contribution in [-0.2, 0) is 20.7 Å². The maximum Gasteiger partial charge on any atom is 0.328 e. The molecule has 2 N–H and O–H groups in total. The molecule has 5 nitrogen and oxygen atoms in total. The van der Waals surface area contributed by atoms with E-state index in [9.17, 15) is 9.59 Å². The van der Waals surface area contributed by atoms with Gasteiger partial charge in [0, 0.05) is 24.2 Å². The third-order valence-corrected chi connectivity index (χ3v) is 3.36. The number of fused-ring (bicyclic) bond motifs is 1. The van der Waals surface area contributed by atoms with Gasteiger partial charge in [-0.2, -0.15) is 0 Å². The molecule has 0 bridgehead atoms. The lowest BCUT2D eigenvalue weighted by atomic mass is 10.0. The molecule has 0 aliphatic rings. The molecule has 1 atom stereocenters. The van der Waals surface area contributed by atoms with Gasteiger partial charge in [0.25, 0.3) is 0 Å². The van der Waals surface area contributed by atoms with Gasteiger partial charge in [0.2, 0.25) is 5.91 Å². The molecule has 0 aliphatic carbocycles. The molecule has 106 valence electrons. The first-order valence-electron chi connectivity index (χ1n) is 6.13. The standard InChI is InChI=1S/C14H15ClN2O3/c1-8(18)16-12(14(19)20-2)7-10-9-5-3-4-6-11(9)17-13(10)15/h3-6,12,17H,7H2,1-2H3,(H,16,18)/t12-/m0/s1. The van der Waals surface area contributed by atoms with Gasteiger partial charge in [-0.1, -0.05) is 29.8 Å². The minimum absolute atomic E-state index is 0.273. The van der Waals surface area contributed by atoms with Crippen LogP contribution in [0.2, 0.25) is 5.15 Å². The van der Waals surface area contributed by atoms with E-state index in [-0.39, 0.29) is 12.3 Å². The zero-order chi connectivity index (χ0) is 14.7. The molecular formula is C14H15ClN2O3. The van der Waals surface area contributed by atoms with Crippen LogP contribution in [0.4, 0.5) is 0 Å². The number of ether oxygens (including phenoxy) is 1. The number of nitrogens with one attached hydrogen (secondary N) is 2. The van der Waals surface area contributed by atoms with Gasteiger partial charge < -0.3 is 15.0 Å². The molecule has 0 aliphatic heterocycles. The zero-order valence-corrected chi connectivity index (χ0v) is 12.0. The van der Waals surface area contributed by atoms with Crippen molar-refractivity contribution >= 4 is 34.4 Å². The van der Waals surface area contributed by atoms with Crippen LogP contribution in [0.15, 0.2) is 24.3 Å². The number of aromatic amines is 1. The van der Waals surface area contributed by atoms with Crippen molar-refractivity contribution in [2.24, 2.45) is 0 Å². The van der Waals surface area contributed by atoms with E-state index < -0.39 is 12.0 Å².